The molecule has 3 nitrogen and oxygen atoms in total. The number of hydrogen-bond donors (Lipinski definition) is 0. The van der Waals surface area contributed by atoms with Gasteiger partial charge in [-0.15, -0.1) is 0 Å². The Hall–Kier alpha value is -1.51. The van der Waals surface area contributed by atoms with Crippen LogP contribution in [-0.2, 0) is 0 Å². The SMILES string of the molecule is C[C@@H](c1ccccc1)N1CCN(C23CC4CC(CC(C4)C2)C3)C1=O. The normalized spacial score (nSPS) is 38.9. The van der Waals surface area contributed by atoms with Crippen LogP contribution < -0.4 is 0 Å². The van der Waals surface area contributed by atoms with E-state index < -0.39 is 0 Å². The van der Waals surface area contributed by atoms with Crippen LogP contribution in [0.1, 0.15) is 57.1 Å². The first-order chi connectivity index (χ1) is 11.6. The summed E-state index contributed by atoms with van der Waals surface area (Å²) in [6.45, 7) is 4.00. The van der Waals surface area contributed by atoms with Gasteiger partial charge in [0, 0.05) is 18.6 Å². The second-order valence-electron chi connectivity index (χ2n) is 8.86. The molecule has 0 aromatic heterocycles. The van der Waals surface area contributed by atoms with E-state index in [0.717, 1.165) is 30.8 Å². The molecule has 0 radical (unpaired) electrons. The Labute approximate surface area is 145 Å². The van der Waals surface area contributed by atoms with Gasteiger partial charge in [-0.2, -0.15) is 0 Å². The zero-order valence-electron chi connectivity index (χ0n) is 14.7. The summed E-state index contributed by atoms with van der Waals surface area (Å²) in [4.78, 5) is 17.7. The van der Waals surface area contributed by atoms with Crippen molar-refractivity contribution in [1.29, 1.82) is 0 Å². The average Bonchev–Trinajstić information content (AvgIpc) is 2.96. The van der Waals surface area contributed by atoms with Crippen molar-refractivity contribution in [1.82, 2.24) is 9.80 Å². The standard InChI is InChI=1S/C21H28N2O/c1-15(19-5-3-2-4-6-19)22-7-8-23(20(22)24)21-12-16-9-17(13-21)11-18(10-16)14-21/h2-6,15-18H,7-14H2,1H3/t15-,16?,17?,18?,21?/m0/s1. The number of amides is 2. The molecule has 4 saturated carbocycles. The minimum atomic E-state index is 0.178. The van der Waals surface area contributed by atoms with E-state index in [4.69, 9.17) is 0 Å². The molecule has 5 aliphatic rings. The van der Waals surface area contributed by atoms with Crippen molar-refractivity contribution in [3.8, 4) is 0 Å². The van der Waals surface area contributed by atoms with Crippen molar-refractivity contribution >= 4 is 6.03 Å². The molecule has 4 aliphatic carbocycles. The van der Waals surface area contributed by atoms with E-state index in [-0.39, 0.29) is 11.6 Å². The molecule has 0 N–H and O–H groups in total. The fourth-order valence-electron chi connectivity index (χ4n) is 6.66. The molecule has 0 spiro atoms. The fraction of sp³-hybridized carbons (Fsp3) is 0.667. The monoisotopic (exact) mass is 324 g/mol. The summed E-state index contributed by atoms with van der Waals surface area (Å²) < 4.78 is 0. The molecule has 0 unspecified atom stereocenters. The van der Waals surface area contributed by atoms with Gasteiger partial charge in [-0.1, -0.05) is 30.3 Å². The van der Waals surface area contributed by atoms with Gasteiger partial charge in [0.15, 0.2) is 0 Å². The second-order valence-corrected chi connectivity index (χ2v) is 8.86. The van der Waals surface area contributed by atoms with Crippen LogP contribution in [0.3, 0.4) is 0 Å². The predicted octanol–water partition coefficient (Wildman–Crippen LogP) is 4.45. The molecular weight excluding hydrogens is 296 g/mol. The van der Waals surface area contributed by atoms with Crippen molar-refractivity contribution in [3.63, 3.8) is 0 Å². The maximum absolute atomic E-state index is 13.3. The molecule has 2 amide bonds. The first-order valence-electron chi connectivity index (χ1n) is 9.78. The van der Waals surface area contributed by atoms with E-state index in [2.05, 4.69) is 41.0 Å². The Kier molecular flexibility index (Phi) is 3.23. The van der Waals surface area contributed by atoms with E-state index in [1.165, 1.54) is 44.1 Å². The third-order valence-electron chi connectivity index (χ3n) is 7.37. The number of carbonyl (C=O) groups excluding carboxylic acids is 1. The Morgan fingerprint density at radius 2 is 1.54 bits per heavy atom. The minimum Gasteiger partial charge on any atom is -0.317 e. The first-order valence-corrected chi connectivity index (χ1v) is 9.78. The van der Waals surface area contributed by atoms with Gasteiger partial charge in [-0.05, 0) is 68.8 Å². The molecule has 4 bridgehead atoms. The van der Waals surface area contributed by atoms with Gasteiger partial charge in [0.05, 0.1) is 6.04 Å². The summed E-state index contributed by atoms with van der Waals surface area (Å²) in [7, 11) is 0. The lowest BCUT2D eigenvalue weighted by Gasteiger charge is -2.59. The van der Waals surface area contributed by atoms with Gasteiger partial charge >= 0.3 is 6.03 Å². The lowest BCUT2D eigenvalue weighted by molar-refractivity contribution is -0.0651. The average molecular weight is 324 g/mol. The highest BCUT2D eigenvalue weighted by atomic mass is 16.2. The summed E-state index contributed by atoms with van der Waals surface area (Å²) in [5.74, 6) is 2.68. The van der Waals surface area contributed by atoms with Gasteiger partial charge in [0.25, 0.3) is 0 Å². The maximum atomic E-state index is 13.3. The molecule has 1 aromatic carbocycles. The van der Waals surface area contributed by atoms with Crippen LogP contribution in [0.5, 0.6) is 0 Å². The van der Waals surface area contributed by atoms with Crippen LogP contribution in [0.25, 0.3) is 0 Å². The number of hydrogen-bond acceptors (Lipinski definition) is 1. The highest BCUT2D eigenvalue weighted by molar-refractivity contribution is 5.78. The largest absolute Gasteiger partial charge is 0.321 e. The van der Waals surface area contributed by atoms with Gasteiger partial charge in [-0.3, -0.25) is 0 Å². The van der Waals surface area contributed by atoms with Gasteiger partial charge in [0.2, 0.25) is 0 Å². The molecule has 1 aromatic rings. The lowest BCUT2D eigenvalue weighted by atomic mass is 9.52. The van der Waals surface area contributed by atoms with E-state index in [1.807, 2.05) is 6.07 Å². The van der Waals surface area contributed by atoms with Gasteiger partial charge < -0.3 is 9.80 Å². The summed E-state index contributed by atoms with van der Waals surface area (Å²) in [6.07, 6.45) is 8.14. The molecule has 128 valence electrons. The van der Waals surface area contributed by atoms with E-state index >= 15 is 0 Å². The van der Waals surface area contributed by atoms with Crippen molar-refractivity contribution in [2.45, 2.75) is 57.0 Å². The lowest BCUT2D eigenvalue weighted by Crippen LogP contribution is -2.60. The maximum Gasteiger partial charge on any atom is 0.321 e. The Morgan fingerprint density at radius 3 is 2.12 bits per heavy atom. The molecule has 5 fully saturated rings. The summed E-state index contributed by atoms with van der Waals surface area (Å²) in [6, 6.07) is 11.0. The van der Waals surface area contributed by atoms with Gasteiger partial charge in [-0.25, -0.2) is 4.79 Å². The Balaban J connectivity index is 1.38. The fourth-order valence-corrected chi connectivity index (χ4v) is 6.66. The summed E-state index contributed by atoms with van der Waals surface area (Å²) in [5, 5.41) is 0. The third-order valence-corrected chi connectivity index (χ3v) is 7.37. The van der Waals surface area contributed by atoms with Crippen molar-refractivity contribution < 1.29 is 4.79 Å². The Morgan fingerprint density at radius 1 is 0.958 bits per heavy atom. The number of urea groups is 1. The molecule has 24 heavy (non-hydrogen) atoms. The van der Waals surface area contributed by atoms with Crippen molar-refractivity contribution in [2.24, 2.45) is 17.8 Å². The van der Waals surface area contributed by atoms with Crippen LogP contribution in [-0.4, -0.2) is 34.5 Å². The second kappa shape index (κ2) is 5.24. The number of nitrogens with zero attached hydrogens (tertiary/aromatic N) is 2. The molecule has 1 aliphatic heterocycles. The van der Waals surface area contributed by atoms with Crippen molar-refractivity contribution in [3.05, 3.63) is 35.9 Å². The zero-order valence-corrected chi connectivity index (χ0v) is 14.7. The molecular formula is C21H28N2O. The Bertz CT molecular complexity index is 605. The van der Waals surface area contributed by atoms with Crippen LogP contribution >= 0.6 is 0 Å². The van der Waals surface area contributed by atoms with Crippen LogP contribution in [0.15, 0.2) is 30.3 Å². The third kappa shape index (κ3) is 2.13. The van der Waals surface area contributed by atoms with Crippen molar-refractivity contribution in [2.75, 3.05) is 13.1 Å². The van der Waals surface area contributed by atoms with Crippen LogP contribution in [0, 0.1) is 17.8 Å². The quantitative estimate of drug-likeness (QED) is 0.805. The highest BCUT2D eigenvalue weighted by Crippen LogP contribution is 2.58. The minimum absolute atomic E-state index is 0.178. The number of carbonyl (C=O) groups is 1. The molecule has 1 heterocycles. The van der Waals surface area contributed by atoms with E-state index in [0.29, 0.717) is 6.03 Å². The highest BCUT2D eigenvalue weighted by Gasteiger charge is 2.56. The van der Waals surface area contributed by atoms with E-state index in [9.17, 15) is 4.79 Å². The predicted molar refractivity (Wildman–Crippen MR) is 94.6 cm³/mol. The smallest absolute Gasteiger partial charge is 0.317 e. The van der Waals surface area contributed by atoms with Crippen LogP contribution in [0.4, 0.5) is 4.79 Å². The van der Waals surface area contributed by atoms with Gasteiger partial charge in [0.1, 0.15) is 0 Å². The topological polar surface area (TPSA) is 23.6 Å². The van der Waals surface area contributed by atoms with Crippen LogP contribution in [0.2, 0.25) is 0 Å². The summed E-state index contributed by atoms with van der Waals surface area (Å²) >= 11 is 0. The first kappa shape index (κ1) is 14.8. The zero-order chi connectivity index (χ0) is 16.3. The van der Waals surface area contributed by atoms with E-state index in [1.54, 1.807) is 0 Å². The molecule has 1 saturated heterocycles. The molecule has 3 heteroatoms. The molecule has 1 atom stereocenters. The number of benzene rings is 1. The molecule has 6 rings (SSSR count). The number of rotatable bonds is 3. The summed E-state index contributed by atoms with van der Waals surface area (Å²) in [5.41, 5.74) is 1.45.